The molecular formula is C18H22ClNS. The van der Waals surface area contributed by atoms with Crippen molar-refractivity contribution in [3.8, 4) is 0 Å². The number of aryl methyl sites for hydroxylation is 4. The minimum Gasteiger partial charge on any atom is -0.306 e. The molecule has 0 amide bonds. The lowest BCUT2D eigenvalue weighted by molar-refractivity contribution is 0.636. The molecule has 0 fully saturated rings. The topological polar surface area (TPSA) is 12.0 Å². The maximum atomic E-state index is 6.26. The van der Waals surface area contributed by atoms with Gasteiger partial charge in [0, 0.05) is 14.8 Å². The molecule has 0 saturated heterocycles. The van der Waals surface area contributed by atoms with Crippen molar-refractivity contribution in [3.05, 3.63) is 55.2 Å². The van der Waals surface area contributed by atoms with Gasteiger partial charge in [0.05, 0.1) is 6.04 Å². The third-order valence-corrected chi connectivity index (χ3v) is 6.03. The van der Waals surface area contributed by atoms with Crippen molar-refractivity contribution in [2.75, 3.05) is 6.54 Å². The molecule has 21 heavy (non-hydrogen) atoms. The summed E-state index contributed by atoms with van der Waals surface area (Å²) in [4.78, 5) is 3.04. The summed E-state index contributed by atoms with van der Waals surface area (Å²) < 4.78 is 0. The molecule has 1 heterocycles. The van der Waals surface area contributed by atoms with Gasteiger partial charge in [0.25, 0.3) is 0 Å². The molecule has 3 rings (SSSR count). The molecule has 0 radical (unpaired) electrons. The smallest absolute Gasteiger partial charge is 0.0673 e. The molecule has 0 aliphatic heterocycles. The van der Waals surface area contributed by atoms with Crippen LogP contribution in [0.1, 0.15) is 51.4 Å². The highest BCUT2D eigenvalue weighted by atomic mass is 35.5. The summed E-state index contributed by atoms with van der Waals surface area (Å²) in [6.45, 7) is 7.38. The van der Waals surface area contributed by atoms with Gasteiger partial charge in [-0.05, 0) is 74.0 Å². The number of fused-ring (bicyclic) bond motifs is 1. The van der Waals surface area contributed by atoms with E-state index in [1.54, 1.807) is 10.4 Å². The van der Waals surface area contributed by atoms with Crippen LogP contribution in [-0.4, -0.2) is 6.54 Å². The van der Waals surface area contributed by atoms with E-state index >= 15 is 0 Å². The molecule has 0 bridgehead atoms. The fraction of sp³-hybridized carbons (Fsp3) is 0.444. The molecule has 1 aliphatic rings. The zero-order chi connectivity index (χ0) is 15.0. The fourth-order valence-electron chi connectivity index (χ4n) is 3.18. The van der Waals surface area contributed by atoms with Crippen LogP contribution < -0.4 is 5.32 Å². The molecule has 1 atom stereocenters. The van der Waals surface area contributed by atoms with Gasteiger partial charge in [-0.1, -0.05) is 24.6 Å². The Labute approximate surface area is 136 Å². The maximum Gasteiger partial charge on any atom is 0.0673 e. The lowest BCUT2D eigenvalue weighted by atomic mass is 9.97. The van der Waals surface area contributed by atoms with E-state index in [1.165, 1.54) is 35.3 Å². The first-order valence-corrected chi connectivity index (χ1v) is 8.91. The SMILES string of the molecule is CCNC(c1cc2c(s1)CCC2)c1cc(C)c(Cl)cc1C. The number of hydrogen-bond donors (Lipinski definition) is 1. The first-order chi connectivity index (χ1) is 10.1. The Balaban J connectivity index is 2.03. The Morgan fingerprint density at radius 1 is 1.19 bits per heavy atom. The highest BCUT2D eigenvalue weighted by molar-refractivity contribution is 7.12. The Bertz CT molecular complexity index is 638. The van der Waals surface area contributed by atoms with Crippen molar-refractivity contribution in [1.29, 1.82) is 0 Å². The van der Waals surface area contributed by atoms with Crippen molar-refractivity contribution in [2.24, 2.45) is 0 Å². The van der Waals surface area contributed by atoms with Crippen molar-refractivity contribution in [1.82, 2.24) is 5.32 Å². The van der Waals surface area contributed by atoms with Crippen LogP contribution in [0.2, 0.25) is 5.02 Å². The highest BCUT2D eigenvalue weighted by Crippen LogP contribution is 2.37. The molecule has 0 saturated carbocycles. The minimum atomic E-state index is 0.293. The number of rotatable bonds is 4. The summed E-state index contributed by atoms with van der Waals surface area (Å²) in [6.07, 6.45) is 3.84. The van der Waals surface area contributed by atoms with Gasteiger partial charge in [-0.3, -0.25) is 0 Å². The van der Waals surface area contributed by atoms with Crippen LogP contribution in [0.3, 0.4) is 0 Å². The van der Waals surface area contributed by atoms with E-state index < -0.39 is 0 Å². The van der Waals surface area contributed by atoms with Gasteiger partial charge in [-0.15, -0.1) is 11.3 Å². The van der Waals surface area contributed by atoms with Crippen molar-refractivity contribution in [2.45, 2.75) is 46.1 Å². The van der Waals surface area contributed by atoms with Crippen molar-refractivity contribution < 1.29 is 0 Å². The molecule has 1 N–H and O–H groups in total. The summed E-state index contributed by atoms with van der Waals surface area (Å²) in [7, 11) is 0. The van der Waals surface area contributed by atoms with E-state index in [1.807, 2.05) is 11.3 Å². The third-order valence-electron chi connectivity index (χ3n) is 4.32. The number of benzene rings is 1. The number of halogens is 1. The normalized spacial score (nSPS) is 15.2. The van der Waals surface area contributed by atoms with E-state index in [2.05, 4.69) is 44.3 Å². The van der Waals surface area contributed by atoms with E-state index in [0.29, 0.717) is 6.04 Å². The molecule has 1 aliphatic carbocycles. The lowest BCUT2D eigenvalue weighted by Gasteiger charge is -2.20. The average molecular weight is 320 g/mol. The van der Waals surface area contributed by atoms with Gasteiger partial charge in [0.1, 0.15) is 0 Å². The third kappa shape index (κ3) is 2.90. The van der Waals surface area contributed by atoms with Crippen molar-refractivity contribution >= 4 is 22.9 Å². The average Bonchev–Trinajstić information content (AvgIpc) is 3.01. The van der Waals surface area contributed by atoms with E-state index in [4.69, 9.17) is 11.6 Å². The fourth-order valence-corrected chi connectivity index (χ4v) is 4.75. The zero-order valence-electron chi connectivity index (χ0n) is 12.9. The summed E-state index contributed by atoms with van der Waals surface area (Å²) in [5, 5.41) is 4.52. The van der Waals surface area contributed by atoms with Crippen molar-refractivity contribution in [3.63, 3.8) is 0 Å². The molecule has 112 valence electrons. The number of nitrogens with one attached hydrogen (secondary N) is 1. The van der Waals surface area contributed by atoms with Crippen LogP contribution in [-0.2, 0) is 12.8 Å². The molecule has 1 unspecified atom stereocenters. The van der Waals surface area contributed by atoms with E-state index in [0.717, 1.165) is 17.1 Å². The Hall–Kier alpha value is -0.830. The highest BCUT2D eigenvalue weighted by Gasteiger charge is 2.22. The molecule has 1 aromatic heterocycles. The van der Waals surface area contributed by atoms with Gasteiger partial charge >= 0.3 is 0 Å². The van der Waals surface area contributed by atoms with Crippen LogP contribution in [0.15, 0.2) is 18.2 Å². The molecular weight excluding hydrogens is 298 g/mol. The zero-order valence-corrected chi connectivity index (χ0v) is 14.5. The molecule has 2 aromatic rings. The molecule has 0 spiro atoms. The summed E-state index contributed by atoms with van der Waals surface area (Å²) in [5.41, 5.74) is 5.36. The molecule has 1 aromatic carbocycles. The largest absolute Gasteiger partial charge is 0.306 e. The summed E-state index contributed by atoms with van der Waals surface area (Å²) in [6, 6.07) is 7.05. The molecule has 3 heteroatoms. The first-order valence-electron chi connectivity index (χ1n) is 7.71. The first kappa shape index (κ1) is 15.1. The van der Waals surface area contributed by atoms with Crippen LogP contribution in [0.5, 0.6) is 0 Å². The summed E-state index contributed by atoms with van der Waals surface area (Å²) in [5.74, 6) is 0. The standard InChI is InChI=1S/C18H22ClNS/c1-4-20-18(14-8-12(3)15(19)9-11(14)2)17-10-13-6-5-7-16(13)21-17/h8-10,18,20H,4-7H2,1-3H3. The second kappa shape index (κ2) is 6.12. The Kier molecular flexibility index (Phi) is 4.39. The maximum absolute atomic E-state index is 6.26. The Morgan fingerprint density at radius 3 is 2.71 bits per heavy atom. The number of hydrogen-bond acceptors (Lipinski definition) is 2. The second-order valence-corrected chi connectivity index (χ2v) is 7.47. The number of thiophene rings is 1. The van der Waals surface area contributed by atoms with Crippen LogP contribution in [0.4, 0.5) is 0 Å². The van der Waals surface area contributed by atoms with Crippen LogP contribution >= 0.6 is 22.9 Å². The summed E-state index contributed by atoms with van der Waals surface area (Å²) >= 11 is 8.24. The monoisotopic (exact) mass is 319 g/mol. The quantitative estimate of drug-likeness (QED) is 0.816. The second-order valence-electron chi connectivity index (χ2n) is 5.90. The minimum absolute atomic E-state index is 0.293. The predicted octanol–water partition coefficient (Wildman–Crippen LogP) is 5.21. The van der Waals surface area contributed by atoms with E-state index in [9.17, 15) is 0 Å². The van der Waals surface area contributed by atoms with Gasteiger partial charge < -0.3 is 5.32 Å². The van der Waals surface area contributed by atoms with Gasteiger partial charge in [-0.25, -0.2) is 0 Å². The molecule has 1 nitrogen and oxygen atoms in total. The Morgan fingerprint density at radius 2 is 2.00 bits per heavy atom. The van der Waals surface area contributed by atoms with E-state index in [-0.39, 0.29) is 0 Å². The predicted molar refractivity (Wildman–Crippen MR) is 92.8 cm³/mol. The lowest BCUT2D eigenvalue weighted by Crippen LogP contribution is -2.22. The van der Waals surface area contributed by atoms with Gasteiger partial charge in [-0.2, -0.15) is 0 Å². The van der Waals surface area contributed by atoms with Gasteiger partial charge in [0.2, 0.25) is 0 Å². The van der Waals surface area contributed by atoms with Crippen LogP contribution in [0.25, 0.3) is 0 Å². The van der Waals surface area contributed by atoms with Crippen LogP contribution in [0, 0.1) is 13.8 Å². The van der Waals surface area contributed by atoms with Gasteiger partial charge in [0.15, 0.2) is 0 Å².